The molecule has 2 rings (SSSR count). The molecule has 1 heterocycles. The van der Waals surface area contributed by atoms with Crippen molar-refractivity contribution in [3.8, 4) is 0 Å². The monoisotopic (exact) mass is 401 g/mol. The molecule has 1 aliphatic rings. The molecule has 1 aliphatic heterocycles. The number of anilines is 1. The first-order chi connectivity index (χ1) is 12.6. The lowest BCUT2D eigenvalue weighted by atomic mass is 10.1. The van der Waals surface area contributed by atoms with Crippen molar-refractivity contribution >= 4 is 27.4 Å². The number of nitro groups is 1. The summed E-state index contributed by atoms with van der Waals surface area (Å²) in [5.74, 6) is -0.941. The molecule has 27 heavy (non-hydrogen) atoms. The number of nitro benzene ring substituents is 1. The molecule has 0 spiro atoms. The van der Waals surface area contributed by atoms with Crippen molar-refractivity contribution in [1.82, 2.24) is 4.31 Å². The van der Waals surface area contributed by atoms with Crippen LogP contribution in [0.4, 0.5) is 11.4 Å². The summed E-state index contributed by atoms with van der Waals surface area (Å²) in [6.45, 7) is 4.24. The molecule has 1 N–H and O–H groups in total. The third-order valence-electron chi connectivity index (χ3n) is 4.07. The summed E-state index contributed by atoms with van der Waals surface area (Å²) in [7, 11) is -2.35. The zero-order chi connectivity index (χ0) is 20.2. The third kappa shape index (κ3) is 5.37. The zero-order valence-electron chi connectivity index (χ0n) is 15.4. The summed E-state index contributed by atoms with van der Waals surface area (Å²) in [4.78, 5) is 22.1. The van der Waals surface area contributed by atoms with Gasteiger partial charge in [0.2, 0.25) is 10.0 Å². The third-order valence-corrected chi connectivity index (χ3v) is 5.88. The Morgan fingerprint density at radius 3 is 2.56 bits per heavy atom. The van der Waals surface area contributed by atoms with Gasteiger partial charge in [0.1, 0.15) is 0 Å². The van der Waals surface area contributed by atoms with Crippen LogP contribution in [0.1, 0.15) is 24.2 Å². The summed E-state index contributed by atoms with van der Waals surface area (Å²) in [6, 6.07) is 3.68. The average Bonchev–Trinajstić information content (AvgIpc) is 2.60. The van der Waals surface area contributed by atoms with Gasteiger partial charge in [-0.3, -0.25) is 10.1 Å². The van der Waals surface area contributed by atoms with Crippen LogP contribution >= 0.6 is 0 Å². The Balaban J connectivity index is 2.07. The maximum absolute atomic E-state index is 12.5. The molecule has 0 unspecified atom stereocenters. The SMILES string of the molecule is COC(=O)c1cc([N+](=O)[O-])ccc1NCCS(=O)(=O)N1C[C@H](C)O[C@@H](C)C1. The molecule has 0 radical (unpaired) electrons. The Morgan fingerprint density at radius 2 is 2.00 bits per heavy atom. The molecule has 1 aromatic rings. The Bertz CT molecular complexity index is 802. The van der Waals surface area contributed by atoms with Crippen molar-refractivity contribution in [3.05, 3.63) is 33.9 Å². The molecule has 2 atom stereocenters. The number of hydrogen-bond acceptors (Lipinski definition) is 8. The maximum Gasteiger partial charge on any atom is 0.340 e. The van der Waals surface area contributed by atoms with Crippen LogP contribution in [0.3, 0.4) is 0 Å². The second kappa shape index (κ2) is 8.63. The molecule has 0 amide bonds. The first-order valence-corrected chi connectivity index (χ1v) is 9.99. The second-order valence-corrected chi connectivity index (χ2v) is 8.38. The predicted octanol–water partition coefficient (Wildman–Crippen LogP) is 1.23. The van der Waals surface area contributed by atoms with E-state index >= 15 is 0 Å². The number of nitrogens with one attached hydrogen (secondary N) is 1. The second-order valence-electron chi connectivity index (χ2n) is 6.30. The minimum atomic E-state index is -3.51. The number of benzene rings is 1. The van der Waals surface area contributed by atoms with E-state index in [-0.39, 0.29) is 54.5 Å². The highest BCUT2D eigenvalue weighted by Gasteiger charge is 2.30. The Kier molecular flexibility index (Phi) is 6.73. The van der Waals surface area contributed by atoms with Crippen LogP contribution in [0.25, 0.3) is 0 Å². The fourth-order valence-corrected chi connectivity index (χ4v) is 4.37. The number of carbonyl (C=O) groups is 1. The summed E-state index contributed by atoms with van der Waals surface area (Å²) in [6.07, 6.45) is -0.367. The first kappa shape index (κ1) is 21.1. The highest BCUT2D eigenvalue weighted by Crippen LogP contribution is 2.23. The van der Waals surface area contributed by atoms with Gasteiger partial charge in [-0.1, -0.05) is 0 Å². The number of morpholine rings is 1. The van der Waals surface area contributed by atoms with E-state index in [4.69, 9.17) is 4.74 Å². The largest absolute Gasteiger partial charge is 0.465 e. The average molecular weight is 401 g/mol. The summed E-state index contributed by atoms with van der Waals surface area (Å²) < 4.78 is 36.6. The molecular weight excluding hydrogens is 378 g/mol. The van der Waals surface area contributed by atoms with E-state index in [1.165, 1.54) is 16.4 Å². The number of nitrogens with zero attached hydrogens (tertiary/aromatic N) is 2. The summed E-state index contributed by atoms with van der Waals surface area (Å²) >= 11 is 0. The van der Waals surface area contributed by atoms with Gasteiger partial charge in [0.15, 0.2) is 0 Å². The molecular formula is C16H23N3O7S. The summed E-state index contributed by atoms with van der Waals surface area (Å²) in [5, 5.41) is 13.7. The van der Waals surface area contributed by atoms with E-state index in [1.54, 1.807) is 0 Å². The van der Waals surface area contributed by atoms with E-state index in [0.29, 0.717) is 0 Å². The van der Waals surface area contributed by atoms with Crippen LogP contribution < -0.4 is 5.32 Å². The van der Waals surface area contributed by atoms with Gasteiger partial charge in [-0.05, 0) is 19.9 Å². The highest BCUT2D eigenvalue weighted by molar-refractivity contribution is 7.89. The van der Waals surface area contributed by atoms with Crippen molar-refractivity contribution in [1.29, 1.82) is 0 Å². The molecule has 11 heteroatoms. The van der Waals surface area contributed by atoms with Crippen molar-refractivity contribution in [2.45, 2.75) is 26.1 Å². The quantitative estimate of drug-likeness (QED) is 0.410. The number of ether oxygens (including phenoxy) is 2. The van der Waals surface area contributed by atoms with Gasteiger partial charge in [-0.25, -0.2) is 13.2 Å². The molecule has 150 valence electrons. The number of non-ortho nitro benzene ring substituents is 1. The van der Waals surface area contributed by atoms with Gasteiger partial charge in [0, 0.05) is 37.5 Å². The minimum Gasteiger partial charge on any atom is -0.465 e. The maximum atomic E-state index is 12.5. The zero-order valence-corrected chi connectivity index (χ0v) is 16.2. The smallest absolute Gasteiger partial charge is 0.340 e. The van der Waals surface area contributed by atoms with Gasteiger partial charge in [-0.2, -0.15) is 4.31 Å². The molecule has 1 aromatic carbocycles. The summed E-state index contributed by atoms with van der Waals surface area (Å²) in [5.41, 5.74) is -0.0195. The number of esters is 1. The molecule has 10 nitrogen and oxygen atoms in total. The van der Waals surface area contributed by atoms with E-state index in [1.807, 2.05) is 13.8 Å². The van der Waals surface area contributed by atoms with Crippen molar-refractivity contribution < 1.29 is 27.6 Å². The lowest BCUT2D eigenvalue weighted by Crippen LogP contribution is -2.49. The van der Waals surface area contributed by atoms with E-state index < -0.39 is 20.9 Å². The van der Waals surface area contributed by atoms with Crippen LogP contribution in [0.2, 0.25) is 0 Å². The Hall–Kier alpha value is -2.24. The highest BCUT2D eigenvalue weighted by atomic mass is 32.2. The van der Waals surface area contributed by atoms with Crippen molar-refractivity contribution in [2.75, 3.05) is 37.8 Å². The lowest BCUT2D eigenvalue weighted by molar-refractivity contribution is -0.384. The molecule has 1 fully saturated rings. The van der Waals surface area contributed by atoms with Crippen LogP contribution in [0, 0.1) is 10.1 Å². The topological polar surface area (TPSA) is 128 Å². The van der Waals surface area contributed by atoms with E-state index in [2.05, 4.69) is 10.1 Å². The van der Waals surface area contributed by atoms with Crippen LogP contribution in [-0.4, -0.2) is 68.3 Å². The van der Waals surface area contributed by atoms with Gasteiger partial charge in [-0.15, -0.1) is 0 Å². The van der Waals surface area contributed by atoms with Gasteiger partial charge in [0.05, 0.1) is 35.6 Å². The molecule has 0 aliphatic carbocycles. The van der Waals surface area contributed by atoms with Gasteiger partial charge < -0.3 is 14.8 Å². The Morgan fingerprint density at radius 1 is 1.37 bits per heavy atom. The minimum absolute atomic E-state index is 0.0299. The fraction of sp³-hybridized carbons (Fsp3) is 0.562. The van der Waals surface area contributed by atoms with Crippen molar-refractivity contribution in [3.63, 3.8) is 0 Å². The van der Waals surface area contributed by atoms with Crippen molar-refractivity contribution in [2.24, 2.45) is 0 Å². The number of sulfonamides is 1. The number of rotatable bonds is 7. The fourth-order valence-electron chi connectivity index (χ4n) is 2.88. The molecule has 0 saturated carbocycles. The first-order valence-electron chi connectivity index (χ1n) is 8.38. The van der Waals surface area contributed by atoms with Crippen LogP contribution in [0.15, 0.2) is 18.2 Å². The van der Waals surface area contributed by atoms with Crippen LogP contribution in [-0.2, 0) is 19.5 Å². The molecule has 0 bridgehead atoms. The van der Waals surface area contributed by atoms with Crippen LogP contribution in [0.5, 0.6) is 0 Å². The normalized spacial score (nSPS) is 20.9. The number of methoxy groups -OCH3 is 1. The predicted molar refractivity (Wildman–Crippen MR) is 98.3 cm³/mol. The van der Waals surface area contributed by atoms with Gasteiger partial charge >= 0.3 is 5.97 Å². The van der Waals surface area contributed by atoms with Gasteiger partial charge in [0.25, 0.3) is 5.69 Å². The molecule has 0 aromatic heterocycles. The van der Waals surface area contributed by atoms with E-state index in [0.717, 1.165) is 13.2 Å². The lowest BCUT2D eigenvalue weighted by Gasteiger charge is -2.34. The van der Waals surface area contributed by atoms with E-state index in [9.17, 15) is 23.3 Å². The number of hydrogen-bond donors (Lipinski definition) is 1. The molecule has 1 saturated heterocycles. The Labute approximate surface area is 157 Å². The standard InChI is InChI=1S/C16H23N3O7S/c1-11-9-18(10-12(2)26-11)27(23,24)7-6-17-15-5-4-13(19(21)22)8-14(15)16(20)25-3/h4-5,8,11-12,17H,6-7,9-10H2,1-3H3/t11-,12-/m0/s1. The number of carbonyl (C=O) groups excluding carboxylic acids is 1.